The molecule has 0 aliphatic heterocycles. The van der Waals surface area contributed by atoms with Crippen molar-refractivity contribution in [3.63, 3.8) is 0 Å². The highest BCUT2D eigenvalue weighted by molar-refractivity contribution is 6.07. The van der Waals surface area contributed by atoms with Crippen LogP contribution in [0, 0.1) is 20.8 Å². The molecule has 0 N–H and O–H groups in total. The van der Waals surface area contributed by atoms with Crippen molar-refractivity contribution in [2.45, 2.75) is 20.8 Å². The third-order valence-corrected chi connectivity index (χ3v) is 4.14. The van der Waals surface area contributed by atoms with Gasteiger partial charge in [0.05, 0.1) is 11.1 Å². The van der Waals surface area contributed by atoms with Gasteiger partial charge >= 0.3 is 0 Å². The molecule has 3 aromatic heterocycles. The predicted molar refractivity (Wildman–Crippen MR) is 86.2 cm³/mol. The smallest absolute Gasteiger partial charge is 0.258 e. The van der Waals surface area contributed by atoms with E-state index in [-0.39, 0.29) is 0 Å². The Hall–Kier alpha value is -2.62. The molecule has 0 saturated carbocycles. The molecule has 0 radical (unpaired) electrons. The van der Waals surface area contributed by atoms with Gasteiger partial charge < -0.3 is 4.42 Å². The van der Waals surface area contributed by atoms with Crippen LogP contribution in [0.3, 0.4) is 0 Å². The molecule has 4 nitrogen and oxygen atoms in total. The maximum absolute atomic E-state index is 7.67. The first-order valence-corrected chi connectivity index (χ1v) is 7.16. The monoisotopic (exact) mass is 295 g/mol. The molecule has 4 aromatic rings. The summed E-state index contributed by atoms with van der Waals surface area (Å²) in [5.74, 6) is 0.616. The van der Waals surface area contributed by atoms with E-state index in [1.807, 2.05) is 42.8 Å². The number of furan rings is 1. The van der Waals surface area contributed by atoms with Crippen molar-refractivity contribution < 1.29 is 13.1 Å². The van der Waals surface area contributed by atoms with Crippen molar-refractivity contribution >= 4 is 21.9 Å². The molecule has 0 spiro atoms. The lowest BCUT2D eigenvalue weighted by Gasteiger charge is -2.04. The van der Waals surface area contributed by atoms with Gasteiger partial charge in [0.1, 0.15) is 18.0 Å². The van der Waals surface area contributed by atoms with E-state index >= 15 is 0 Å². The van der Waals surface area contributed by atoms with Gasteiger partial charge in [-0.15, -0.1) is 0 Å². The Labute approximate surface area is 132 Å². The average molecular weight is 295 g/mol. The summed E-state index contributed by atoms with van der Waals surface area (Å²) in [5.41, 5.74) is 4.27. The van der Waals surface area contributed by atoms with Crippen molar-refractivity contribution in [2.24, 2.45) is 6.98 Å². The van der Waals surface area contributed by atoms with Crippen molar-refractivity contribution in [2.75, 3.05) is 0 Å². The first kappa shape index (κ1) is 10.2. The number of rotatable bonds is 1. The Morgan fingerprint density at radius 2 is 2.09 bits per heavy atom. The molecular weight excluding hydrogens is 274 g/mol. The molecule has 0 amide bonds. The molecule has 4 heteroatoms. The number of nitrogens with zero attached hydrogens (tertiary/aromatic N) is 3. The minimum atomic E-state index is -2.22. The van der Waals surface area contributed by atoms with Crippen LogP contribution in [0.5, 0.6) is 0 Å². The van der Waals surface area contributed by atoms with Gasteiger partial charge in [0, 0.05) is 41.2 Å². The number of aromatic nitrogens is 3. The maximum atomic E-state index is 7.67. The van der Waals surface area contributed by atoms with Gasteiger partial charge in [0.25, 0.3) is 5.82 Å². The van der Waals surface area contributed by atoms with Crippen LogP contribution in [0.2, 0.25) is 0 Å². The van der Waals surface area contributed by atoms with E-state index in [0.717, 1.165) is 38.9 Å². The molecule has 0 unspecified atom stereocenters. The molecule has 0 fully saturated rings. The number of hydrogen-bond acceptors (Lipinski definition) is 2. The van der Waals surface area contributed by atoms with Crippen molar-refractivity contribution in [1.82, 2.24) is 9.55 Å². The van der Waals surface area contributed by atoms with Gasteiger partial charge in [-0.05, 0) is 19.9 Å². The van der Waals surface area contributed by atoms with Gasteiger partial charge in [0.15, 0.2) is 11.3 Å². The second-order valence-corrected chi connectivity index (χ2v) is 5.62. The van der Waals surface area contributed by atoms with Crippen LogP contribution >= 0.6 is 0 Å². The predicted octanol–water partition coefficient (Wildman–Crippen LogP) is 3.52. The van der Waals surface area contributed by atoms with Crippen LogP contribution in [0.1, 0.15) is 21.2 Å². The number of fused-ring (bicyclic) bond motifs is 3. The molecule has 22 heavy (non-hydrogen) atoms. The summed E-state index contributed by atoms with van der Waals surface area (Å²) in [6, 6.07) is 5.96. The average Bonchev–Trinajstić information content (AvgIpc) is 3.07. The quantitative estimate of drug-likeness (QED) is 0.504. The Morgan fingerprint density at radius 3 is 2.86 bits per heavy atom. The van der Waals surface area contributed by atoms with E-state index in [1.54, 1.807) is 19.3 Å². The van der Waals surface area contributed by atoms with Gasteiger partial charge in [-0.3, -0.25) is 4.98 Å². The number of aryl methyl sites for hydroxylation is 3. The van der Waals surface area contributed by atoms with Crippen molar-refractivity contribution in [1.29, 1.82) is 0 Å². The number of imidazole rings is 1. The maximum Gasteiger partial charge on any atom is 0.258 e. The highest BCUT2D eigenvalue weighted by Crippen LogP contribution is 2.34. The van der Waals surface area contributed by atoms with Crippen LogP contribution in [0.4, 0.5) is 0 Å². The van der Waals surface area contributed by atoms with Gasteiger partial charge in [-0.25, -0.2) is 4.57 Å². The van der Waals surface area contributed by atoms with Gasteiger partial charge in [-0.2, -0.15) is 4.57 Å². The van der Waals surface area contributed by atoms with Crippen LogP contribution in [0.15, 0.2) is 41.2 Å². The molecule has 0 saturated heterocycles. The standard InChI is InChI=1S/C18H18N3O/c1-11-5-6-14-15-10-19-12(2)9-16(15)22-18(14)17(11)21-8-7-20(4)13(21)3/h5-10H,1-4H3/q+1/i4D3. The topological polar surface area (TPSA) is 34.8 Å². The molecule has 0 bridgehead atoms. The third kappa shape index (κ3) is 1.70. The minimum absolute atomic E-state index is 0.616. The Balaban J connectivity index is 2.07. The number of hydrogen-bond donors (Lipinski definition) is 0. The molecule has 0 aliphatic carbocycles. The van der Waals surface area contributed by atoms with Crippen LogP contribution in [-0.2, 0) is 6.98 Å². The Bertz CT molecular complexity index is 1120. The highest BCUT2D eigenvalue weighted by Gasteiger charge is 2.21. The Morgan fingerprint density at radius 1 is 1.23 bits per heavy atom. The summed E-state index contributed by atoms with van der Waals surface area (Å²) in [4.78, 5) is 4.36. The molecule has 1 aromatic carbocycles. The largest absolute Gasteiger partial charge is 0.451 e. The van der Waals surface area contributed by atoms with Crippen LogP contribution in [0.25, 0.3) is 27.6 Å². The zero-order valence-corrected chi connectivity index (χ0v) is 12.7. The lowest BCUT2D eigenvalue weighted by atomic mass is 10.1. The number of pyridine rings is 1. The fraction of sp³-hybridized carbons (Fsp3) is 0.222. The van der Waals surface area contributed by atoms with E-state index < -0.39 is 6.98 Å². The summed E-state index contributed by atoms with van der Waals surface area (Å²) >= 11 is 0. The van der Waals surface area contributed by atoms with Gasteiger partial charge in [0.2, 0.25) is 0 Å². The Kier molecular flexibility index (Phi) is 2.05. The lowest BCUT2D eigenvalue weighted by Crippen LogP contribution is -2.29. The molecule has 110 valence electrons. The normalized spacial score (nSPS) is 14.2. The van der Waals surface area contributed by atoms with Crippen LogP contribution in [-0.4, -0.2) is 9.55 Å². The summed E-state index contributed by atoms with van der Waals surface area (Å²) in [6.45, 7) is 3.49. The van der Waals surface area contributed by atoms with Crippen molar-refractivity contribution in [3.8, 4) is 5.69 Å². The minimum Gasteiger partial charge on any atom is -0.451 e. The number of benzene rings is 1. The first-order chi connectivity index (χ1) is 11.8. The fourth-order valence-corrected chi connectivity index (χ4v) is 2.92. The van der Waals surface area contributed by atoms with E-state index in [9.17, 15) is 0 Å². The summed E-state index contributed by atoms with van der Waals surface area (Å²) in [6.07, 6.45) is 5.16. The second-order valence-electron chi connectivity index (χ2n) is 5.62. The third-order valence-electron chi connectivity index (χ3n) is 4.14. The summed E-state index contributed by atoms with van der Waals surface area (Å²) in [5, 5.41) is 1.92. The van der Waals surface area contributed by atoms with Gasteiger partial charge in [-0.1, -0.05) is 6.07 Å². The zero-order valence-electron chi connectivity index (χ0n) is 15.7. The molecule has 4 rings (SSSR count). The van der Waals surface area contributed by atoms with E-state index in [2.05, 4.69) is 4.98 Å². The first-order valence-electron chi connectivity index (χ1n) is 8.66. The second kappa shape index (κ2) is 4.44. The van der Waals surface area contributed by atoms with E-state index in [4.69, 9.17) is 8.53 Å². The molecular formula is C18H18N3O+. The van der Waals surface area contributed by atoms with E-state index in [0.29, 0.717) is 5.82 Å². The molecule has 3 heterocycles. The summed E-state index contributed by atoms with van der Waals surface area (Å²) < 4.78 is 32.3. The van der Waals surface area contributed by atoms with Crippen LogP contribution < -0.4 is 4.57 Å². The zero-order chi connectivity index (χ0) is 17.9. The molecule has 0 atom stereocenters. The highest BCUT2D eigenvalue weighted by atomic mass is 16.3. The van der Waals surface area contributed by atoms with Crippen molar-refractivity contribution in [3.05, 3.63) is 53.9 Å². The summed E-state index contributed by atoms with van der Waals surface area (Å²) in [7, 11) is 0. The van der Waals surface area contributed by atoms with E-state index in [1.165, 1.54) is 4.57 Å². The molecule has 0 aliphatic rings. The lowest BCUT2D eigenvalue weighted by molar-refractivity contribution is -0.677. The SMILES string of the molecule is [2H]C([2H])([2H])[n+]1ccn(-c2c(C)ccc3c2oc2cc(C)ncc23)c1C. The fourth-order valence-electron chi connectivity index (χ4n) is 2.92.